The average Bonchev–Trinajstić information content (AvgIpc) is 2.97. The third kappa shape index (κ3) is 6.19. The van der Waals surface area contributed by atoms with E-state index in [1.807, 2.05) is 30.3 Å². The number of para-hydroxylation sites is 1. The van der Waals surface area contributed by atoms with E-state index in [0.29, 0.717) is 23.5 Å². The number of fused-ring (bicyclic) bond motifs is 1. The van der Waals surface area contributed by atoms with Crippen LogP contribution in [-0.2, 0) is 9.53 Å². The van der Waals surface area contributed by atoms with Gasteiger partial charge in [0.1, 0.15) is 5.82 Å². The standard InChI is InChI=1S/C29H30FN7O2/c1-3-27(38)33-22-15-21(17-31-19-22)24-6-4-5-20-18-32-29(35-28(20)24)34-26-8-7-23(16-25(26)30)37-11-9-36(10-12-37)13-14-39-2/h3-8,15-19H,1,9-14H2,2H3,(H,33,38)(H,32,34,35). The molecule has 0 atom stereocenters. The summed E-state index contributed by atoms with van der Waals surface area (Å²) in [5.74, 6) is -0.420. The van der Waals surface area contributed by atoms with Crippen molar-refractivity contribution in [2.45, 2.75) is 0 Å². The van der Waals surface area contributed by atoms with Gasteiger partial charge in [0.15, 0.2) is 0 Å². The second kappa shape index (κ2) is 12.0. The molecule has 0 unspecified atom stereocenters. The number of carbonyl (C=O) groups excluding carboxylic acids is 1. The number of ether oxygens (including phenoxy) is 1. The van der Waals surface area contributed by atoms with Crippen molar-refractivity contribution in [3.8, 4) is 11.1 Å². The molecule has 1 saturated heterocycles. The largest absolute Gasteiger partial charge is 0.383 e. The van der Waals surface area contributed by atoms with Gasteiger partial charge in [-0.2, -0.15) is 0 Å². The zero-order valence-electron chi connectivity index (χ0n) is 21.7. The first-order valence-electron chi connectivity index (χ1n) is 12.7. The number of nitrogens with zero attached hydrogens (tertiary/aromatic N) is 5. The molecule has 1 aliphatic rings. The lowest BCUT2D eigenvalue weighted by Gasteiger charge is -2.36. The summed E-state index contributed by atoms with van der Waals surface area (Å²) in [5, 5.41) is 6.57. The van der Waals surface area contributed by atoms with Crippen LogP contribution in [0.5, 0.6) is 0 Å². The van der Waals surface area contributed by atoms with Crippen LogP contribution in [0.1, 0.15) is 0 Å². The molecule has 3 heterocycles. The Balaban J connectivity index is 1.35. The molecule has 0 spiro atoms. The fourth-order valence-corrected chi connectivity index (χ4v) is 4.57. The van der Waals surface area contributed by atoms with Gasteiger partial charge in [-0.05, 0) is 30.3 Å². The van der Waals surface area contributed by atoms with Crippen LogP contribution in [0.2, 0.25) is 0 Å². The molecule has 39 heavy (non-hydrogen) atoms. The Bertz CT molecular complexity index is 1490. The molecule has 4 aromatic rings. The third-order valence-corrected chi connectivity index (χ3v) is 6.66. The topological polar surface area (TPSA) is 95.5 Å². The van der Waals surface area contributed by atoms with Crippen LogP contribution in [0, 0.1) is 5.82 Å². The minimum absolute atomic E-state index is 0.275. The highest BCUT2D eigenvalue weighted by Gasteiger charge is 2.18. The number of aromatic nitrogens is 3. The first-order valence-corrected chi connectivity index (χ1v) is 12.7. The third-order valence-electron chi connectivity index (χ3n) is 6.66. The molecule has 9 nitrogen and oxygen atoms in total. The molecule has 1 fully saturated rings. The summed E-state index contributed by atoms with van der Waals surface area (Å²) < 4.78 is 20.3. The molecule has 5 rings (SSSR count). The number of hydrogen-bond acceptors (Lipinski definition) is 8. The lowest BCUT2D eigenvalue weighted by atomic mass is 10.0. The van der Waals surface area contributed by atoms with Crippen molar-refractivity contribution in [2.75, 3.05) is 62.0 Å². The van der Waals surface area contributed by atoms with Crippen LogP contribution in [0.25, 0.3) is 22.0 Å². The van der Waals surface area contributed by atoms with Crippen molar-refractivity contribution < 1.29 is 13.9 Å². The highest BCUT2D eigenvalue weighted by Crippen LogP contribution is 2.30. The van der Waals surface area contributed by atoms with E-state index in [4.69, 9.17) is 9.72 Å². The van der Waals surface area contributed by atoms with Crippen LogP contribution in [0.3, 0.4) is 0 Å². The Hall–Kier alpha value is -4.41. The maximum Gasteiger partial charge on any atom is 0.247 e. The van der Waals surface area contributed by atoms with Crippen LogP contribution in [-0.4, -0.2) is 72.2 Å². The maximum absolute atomic E-state index is 15.1. The van der Waals surface area contributed by atoms with E-state index in [0.717, 1.165) is 54.9 Å². The number of hydrogen-bond donors (Lipinski definition) is 2. The molecular weight excluding hydrogens is 497 g/mol. The molecule has 2 N–H and O–H groups in total. The van der Waals surface area contributed by atoms with Crippen molar-refractivity contribution in [3.63, 3.8) is 0 Å². The van der Waals surface area contributed by atoms with Crippen LogP contribution < -0.4 is 15.5 Å². The van der Waals surface area contributed by atoms with Crippen LogP contribution in [0.15, 0.2) is 73.7 Å². The highest BCUT2D eigenvalue weighted by atomic mass is 19.1. The summed E-state index contributed by atoms with van der Waals surface area (Å²) in [5.41, 5.74) is 3.94. The number of piperazine rings is 1. The lowest BCUT2D eigenvalue weighted by Crippen LogP contribution is -2.47. The SMILES string of the molecule is C=CC(=O)Nc1cncc(-c2cccc3cnc(Nc4ccc(N5CCN(CCOC)CC5)cc4F)nc23)c1. The monoisotopic (exact) mass is 527 g/mol. The van der Waals surface area contributed by atoms with Gasteiger partial charge in [0.05, 0.1) is 29.7 Å². The van der Waals surface area contributed by atoms with E-state index in [9.17, 15) is 4.79 Å². The number of carbonyl (C=O) groups is 1. The Labute approximate surface area is 226 Å². The zero-order valence-corrected chi connectivity index (χ0v) is 21.7. The number of halogens is 1. The van der Waals surface area contributed by atoms with Crippen LogP contribution in [0.4, 0.5) is 27.4 Å². The molecule has 0 aliphatic carbocycles. The van der Waals surface area contributed by atoms with Gasteiger partial charge in [-0.15, -0.1) is 0 Å². The van der Waals surface area contributed by atoms with Gasteiger partial charge in [-0.25, -0.2) is 14.4 Å². The van der Waals surface area contributed by atoms with Gasteiger partial charge in [-0.3, -0.25) is 14.7 Å². The van der Waals surface area contributed by atoms with Crippen molar-refractivity contribution in [3.05, 3.63) is 79.5 Å². The maximum atomic E-state index is 15.1. The van der Waals surface area contributed by atoms with Gasteiger partial charge in [0, 0.05) is 74.4 Å². The Morgan fingerprint density at radius 2 is 1.97 bits per heavy atom. The predicted molar refractivity (Wildman–Crippen MR) is 152 cm³/mol. The summed E-state index contributed by atoms with van der Waals surface area (Å²) >= 11 is 0. The Kier molecular flexibility index (Phi) is 8.04. The summed E-state index contributed by atoms with van der Waals surface area (Å²) in [6.07, 6.45) is 6.15. The first-order chi connectivity index (χ1) is 19.0. The fraction of sp³-hybridized carbons (Fsp3) is 0.241. The number of amides is 1. The minimum atomic E-state index is -0.374. The molecule has 2 aromatic carbocycles. The van der Waals surface area contributed by atoms with Gasteiger partial charge in [-0.1, -0.05) is 24.8 Å². The summed E-state index contributed by atoms with van der Waals surface area (Å²) in [7, 11) is 1.71. The Morgan fingerprint density at radius 1 is 1.13 bits per heavy atom. The number of benzene rings is 2. The lowest BCUT2D eigenvalue weighted by molar-refractivity contribution is -0.111. The van der Waals surface area contributed by atoms with E-state index >= 15 is 4.39 Å². The van der Waals surface area contributed by atoms with E-state index in [2.05, 4.69) is 37.0 Å². The van der Waals surface area contributed by atoms with Gasteiger partial charge < -0.3 is 20.3 Å². The zero-order chi connectivity index (χ0) is 27.2. The fourth-order valence-electron chi connectivity index (χ4n) is 4.57. The molecule has 200 valence electrons. The molecule has 0 radical (unpaired) electrons. The Morgan fingerprint density at radius 3 is 2.74 bits per heavy atom. The van der Waals surface area contributed by atoms with Gasteiger partial charge in [0.25, 0.3) is 0 Å². The van der Waals surface area contributed by atoms with E-state index < -0.39 is 0 Å². The number of nitrogens with one attached hydrogen (secondary N) is 2. The van der Waals surface area contributed by atoms with Crippen molar-refractivity contribution in [1.82, 2.24) is 19.9 Å². The normalized spacial score (nSPS) is 13.8. The quantitative estimate of drug-likeness (QED) is 0.308. The van der Waals surface area contributed by atoms with Gasteiger partial charge >= 0.3 is 0 Å². The predicted octanol–water partition coefficient (Wildman–Crippen LogP) is 4.47. The molecule has 0 saturated carbocycles. The minimum Gasteiger partial charge on any atom is -0.383 e. The van der Waals surface area contributed by atoms with E-state index in [1.165, 1.54) is 6.08 Å². The first kappa shape index (κ1) is 26.2. The summed E-state index contributed by atoms with van der Waals surface area (Å²) in [6.45, 7) is 8.59. The summed E-state index contributed by atoms with van der Waals surface area (Å²) in [6, 6.07) is 12.7. The van der Waals surface area contributed by atoms with E-state index in [1.54, 1.807) is 37.8 Å². The number of methoxy groups -OCH3 is 1. The highest BCUT2D eigenvalue weighted by molar-refractivity contribution is 6.00. The molecular formula is C29H30FN7O2. The van der Waals surface area contributed by atoms with Crippen molar-refractivity contribution in [1.29, 1.82) is 0 Å². The smallest absolute Gasteiger partial charge is 0.247 e. The number of rotatable bonds is 9. The number of pyridine rings is 1. The molecule has 1 amide bonds. The molecule has 1 aliphatic heterocycles. The average molecular weight is 528 g/mol. The number of anilines is 4. The second-order valence-corrected chi connectivity index (χ2v) is 9.20. The van der Waals surface area contributed by atoms with Crippen LogP contribution >= 0.6 is 0 Å². The summed E-state index contributed by atoms with van der Waals surface area (Å²) in [4.78, 5) is 29.6. The van der Waals surface area contributed by atoms with Crippen molar-refractivity contribution in [2.24, 2.45) is 0 Å². The second-order valence-electron chi connectivity index (χ2n) is 9.20. The van der Waals surface area contributed by atoms with E-state index in [-0.39, 0.29) is 17.7 Å². The molecule has 0 bridgehead atoms. The molecule has 2 aromatic heterocycles. The molecule has 10 heteroatoms. The van der Waals surface area contributed by atoms with Crippen molar-refractivity contribution >= 4 is 39.8 Å². The van der Waals surface area contributed by atoms with Gasteiger partial charge in [0.2, 0.25) is 11.9 Å².